The number of para-hydroxylation sites is 1. The van der Waals surface area contributed by atoms with Gasteiger partial charge in [-0.2, -0.15) is 5.10 Å². The molecular weight excluding hydrogens is 306 g/mol. The first kappa shape index (κ1) is 15.9. The van der Waals surface area contributed by atoms with Gasteiger partial charge in [0.05, 0.1) is 11.9 Å². The minimum Gasteiger partial charge on any atom is -0.352 e. The Balaban J connectivity index is 1.93. The zero-order valence-corrected chi connectivity index (χ0v) is 13.6. The molecule has 0 aliphatic heterocycles. The monoisotopic (exact) mass is 325 g/mol. The van der Waals surface area contributed by atoms with E-state index in [4.69, 9.17) is 0 Å². The van der Waals surface area contributed by atoms with E-state index < -0.39 is 0 Å². The third-order valence-corrected chi connectivity index (χ3v) is 3.89. The molecule has 3 rings (SSSR count). The Kier molecular flexibility index (Phi) is 4.41. The molecule has 3 aromatic rings. The Morgan fingerprint density at radius 1 is 1.29 bits per heavy atom. The van der Waals surface area contributed by atoms with E-state index in [1.165, 1.54) is 17.1 Å². The summed E-state index contributed by atoms with van der Waals surface area (Å²) in [5, 5.41) is 7.47. The quantitative estimate of drug-likeness (QED) is 0.771. The molecule has 7 nitrogen and oxygen atoms in total. The largest absolute Gasteiger partial charge is 0.352 e. The van der Waals surface area contributed by atoms with Gasteiger partial charge in [0.25, 0.3) is 5.56 Å². The van der Waals surface area contributed by atoms with Crippen molar-refractivity contribution in [2.24, 2.45) is 0 Å². The molecule has 0 radical (unpaired) electrons. The van der Waals surface area contributed by atoms with Crippen LogP contribution in [0.15, 0.2) is 47.7 Å². The van der Waals surface area contributed by atoms with Crippen molar-refractivity contribution < 1.29 is 4.79 Å². The highest BCUT2D eigenvalue weighted by Crippen LogP contribution is 2.12. The van der Waals surface area contributed by atoms with Crippen LogP contribution in [0.25, 0.3) is 16.7 Å². The number of benzene rings is 1. The molecule has 2 aromatic heterocycles. The fraction of sp³-hybridized carbons (Fsp3) is 0.294. The summed E-state index contributed by atoms with van der Waals surface area (Å²) in [5.74, 6) is -0.206. The normalized spacial score (nSPS) is 12.2. The van der Waals surface area contributed by atoms with E-state index in [1.54, 1.807) is 4.68 Å². The first-order valence-electron chi connectivity index (χ1n) is 7.88. The number of carbonyl (C=O) groups excluding carboxylic acids is 1. The topological polar surface area (TPSA) is 81.8 Å². The van der Waals surface area contributed by atoms with Gasteiger partial charge in [0.2, 0.25) is 5.91 Å². The van der Waals surface area contributed by atoms with E-state index in [0.29, 0.717) is 11.0 Å². The number of rotatable bonds is 5. The van der Waals surface area contributed by atoms with Gasteiger partial charge in [-0.25, -0.2) is 9.67 Å². The molecule has 7 heteroatoms. The minimum atomic E-state index is -0.276. The van der Waals surface area contributed by atoms with Crippen molar-refractivity contribution in [1.82, 2.24) is 24.6 Å². The van der Waals surface area contributed by atoms with Crippen molar-refractivity contribution in [3.63, 3.8) is 0 Å². The molecule has 24 heavy (non-hydrogen) atoms. The van der Waals surface area contributed by atoms with Gasteiger partial charge in [0.1, 0.15) is 18.3 Å². The van der Waals surface area contributed by atoms with Gasteiger partial charge in [-0.1, -0.05) is 25.1 Å². The smallest absolute Gasteiger partial charge is 0.264 e. The van der Waals surface area contributed by atoms with E-state index in [1.807, 2.05) is 44.2 Å². The summed E-state index contributed by atoms with van der Waals surface area (Å²) >= 11 is 0. The summed E-state index contributed by atoms with van der Waals surface area (Å²) in [6, 6.07) is 9.54. The third kappa shape index (κ3) is 3.05. The lowest BCUT2D eigenvalue weighted by Gasteiger charge is -2.12. The number of fused-ring (bicyclic) bond motifs is 1. The number of nitrogens with zero attached hydrogens (tertiary/aromatic N) is 4. The van der Waals surface area contributed by atoms with Crippen LogP contribution in [0, 0.1) is 0 Å². The van der Waals surface area contributed by atoms with Crippen LogP contribution in [0.2, 0.25) is 0 Å². The molecule has 124 valence electrons. The summed E-state index contributed by atoms with van der Waals surface area (Å²) in [7, 11) is 0. The van der Waals surface area contributed by atoms with Crippen LogP contribution in [-0.2, 0) is 11.3 Å². The average Bonchev–Trinajstić information content (AvgIpc) is 3.03. The zero-order chi connectivity index (χ0) is 17.1. The van der Waals surface area contributed by atoms with Crippen molar-refractivity contribution in [3.05, 3.63) is 53.2 Å². The molecule has 0 aliphatic rings. The molecule has 0 fully saturated rings. The van der Waals surface area contributed by atoms with E-state index in [2.05, 4.69) is 15.4 Å². The Labute approximate surface area is 138 Å². The summed E-state index contributed by atoms with van der Waals surface area (Å²) in [4.78, 5) is 28.8. The molecule has 0 aliphatic carbocycles. The third-order valence-electron chi connectivity index (χ3n) is 3.89. The van der Waals surface area contributed by atoms with Gasteiger partial charge in [0.15, 0.2) is 5.65 Å². The lowest BCUT2D eigenvalue weighted by Crippen LogP contribution is -2.37. The number of carbonyl (C=O) groups is 1. The second kappa shape index (κ2) is 6.66. The highest BCUT2D eigenvalue weighted by atomic mass is 16.2. The van der Waals surface area contributed by atoms with Gasteiger partial charge >= 0.3 is 0 Å². The maximum Gasteiger partial charge on any atom is 0.264 e. The Morgan fingerprint density at radius 2 is 2.04 bits per heavy atom. The lowest BCUT2D eigenvalue weighted by molar-refractivity contribution is -0.122. The van der Waals surface area contributed by atoms with Crippen LogP contribution in [0.4, 0.5) is 0 Å². The SMILES string of the molecule is CC[C@H](C)NC(=O)Cn1cnc2c(cnn2-c2ccccc2)c1=O. The molecule has 1 N–H and O–H groups in total. The molecule has 1 amide bonds. The highest BCUT2D eigenvalue weighted by molar-refractivity contribution is 5.78. The van der Waals surface area contributed by atoms with Crippen LogP contribution >= 0.6 is 0 Å². The zero-order valence-electron chi connectivity index (χ0n) is 13.6. The number of amides is 1. The number of aromatic nitrogens is 4. The van der Waals surface area contributed by atoms with Crippen LogP contribution in [0.3, 0.4) is 0 Å². The molecule has 0 bridgehead atoms. The van der Waals surface area contributed by atoms with Crippen molar-refractivity contribution >= 4 is 16.9 Å². The van der Waals surface area contributed by atoms with E-state index >= 15 is 0 Å². The average molecular weight is 325 g/mol. The molecule has 2 heterocycles. The maximum absolute atomic E-state index is 12.6. The standard InChI is InChI=1S/C17H19N5O2/c1-3-12(2)20-15(23)10-21-11-18-16-14(17(21)24)9-19-22(16)13-7-5-4-6-8-13/h4-9,11-12H,3,10H2,1-2H3,(H,20,23)/t12-/m0/s1. The molecule has 1 aromatic carbocycles. The van der Waals surface area contributed by atoms with Gasteiger partial charge in [-0.3, -0.25) is 14.2 Å². The maximum atomic E-state index is 12.6. The Morgan fingerprint density at radius 3 is 2.75 bits per heavy atom. The summed E-state index contributed by atoms with van der Waals surface area (Å²) in [5.41, 5.74) is 1.03. The summed E-state index contributed by atoms with van der Waals surface area (Å²) in [6.45, 7) is 3.86. The van der Waals surface area contributed by atoms with Gasteiger partial charge in [0, 0.05) is 6.04 Å². The van der Waals surface area contributed by atoms with Crippen molar-refractivity contribution in [2.45, 2.75) is 32.9 Å². The van der Waals surface area contributed by atoms with Gasteiger partial charge in [-0.05, 0) is 25.5 Å². The van der Waals surface area contributed by atoms with Gasteiger partial charge < -0.3 is 5.32 Å². The summed E-state index contributed by atoms with van der Waals surface area (Å²) in [6.07, 6.45) is 3.71. The molecule has 0 saturated heterocycles. The second-order valence-corrected chi connectivity index (χ2v) is 5.68. The van der Waals surface area contributed by atoms with Crippen molar-refractivity contribution in [3.8, 4) is 5.69 Å². The summed E-state index contributed by atoms with van der Waals surface area (Å²) < 4.78 is 2.91. The first-order chi connectivity index (χ1) is 11.6. The fourth-order valence-electron chi connectivity index (χ4n) is 2.40. The highest BCUT2D eigenvalue weighted by Gasteiger charge is 2.13. The predicted molar refractivity (Wildman–Crippen MR) is 91.0 cm³/mol. The minimum absolute atomic E-state index is 0.0529. The molecule has 0 saturated carbocycles. The first-order valence-corrected chi connectivity index (χ1v) is 7.88. The Bertz CT molecular complexity index is 914. The molecule has 1 atom stereocenters. The van der Waals surface area contributed by atoms with E-state index in [-0.39, 0.29) is 24.1 Å². The lowest BCUT2D eigenvalue weighted by atomic mass is 10.2. The van der Waals surface area contributed by atoms with Crippen LogP contribution < -0.4 is 10.9 Å². The fourth-order valence-corrected chi connectivity index (χ4v) is 2.40. The molecule has 0 unspecified atom stereocenters. The number of hydrogen-bond donors (Lipinski definition) is 1. The van der Waals surface area contributed by atoms with Crippen molar-refractivity contribution in [1.29, 1.82) is 0 Å². The second-order valence-electron chi connectivity index (χ2n) is 5.68. The van der Waals surface area contributed by atoms with E-state index in [9.17, 15) is 9.59 Å². The van der Waals surface area contributed by atoms with Crippen molar-refractivity contribution in [2.75, 3.05) is 0 Å². The molecular formula is C17H19N5O2. The number of nitrogens with one attached hydrogen (secondary N) is 1. The Hall–Kier alpha value is -2.96. The van der Waals surface area contributed by atoms with Crippen LogP contribution in [-0.4, -0.2) is 31.3 Å². The number of hydrogen-bond acceptors (Lipinski definition) is 4. The van der Waals surface area contributed by atoms with E-state index in [0.717, 1.165) is 12.1 Å². The predicted octanol–water partition coefficient (Wildman–Crippen LogP) is 1.50. The van der Waals surface area contributed by atoms with Crippen LogP contribution in [0.1, 0.15) is 20.3 Å². The van der Waals surface area contributed by atoms with Crippen LogP contribution in [0.5, 0.6) is 0 Å². The van der Waals surface area contributed by atoms with Gasteiger partial charge in [-0.15, -0.1) is 0 Å². The molecule has 0 spiro atoms.